The van der Waals surface area contributed by atoms with Crippen LogP contribution < -0.4 is 5.46 Å². The molecule has 15 heavy (non-hydrogen) atoms. The van der Waals surface area contributed by atoms with Gasteiger partial charge in [-0.2, -0.15) is 0 Å². The summed E-state index contributed by atoms with van der Waals surface area (Å²) in [6.07, 6.45) is 0. The Morgan fingerprint density at radius 2 is 1.20 bits per heavy atom. The molecule has 0 aliphatic heterocycles. The van der Waals surface area contributed by atoms with E-state index < -0.39 is 5.14 Å². The van der Waals surface area contributed by atoms with E-state index in [1.54, 1.807) is 0 Å². The molecule has 1 nitrogen and oxygen atoms in total. The Morgan fingerprint density at radius 3 is 1.53 bits per heavy atom. The molecule has 79 valence electrons. The molecular weight excluding hydrogens is 206 g/mol. The average Bonchev–Trinajstić information content (AvgIpc) is 2.18. The summed E-state index contributed by atoms with van der Waals surface area (Å²) in [7, 11) is 1.51. The Hall–Kier alpha value is -0.755. The smallest absolute Gasteiger partial charge is 0.264 e. The van der Waals surface area contributed by atoms with Crippen LogP contribution in [0.5, 0.6) is 0 Å². The van der Waals surface area contributed by atoms with Crippen LogP contribution in [0.15, 0.2) is 0 Å². The highest BCUT2D eigenvalue weighted by Gasteiger charge is 2.15. The van der Waals surface area contributed by atoms with Gasteiger partial charge in [-0.1, -0.05) is 28.2 Å². The van der Waals surface area contributed by atoms with Crippen LogP contribution in [0.3, 0.4) is 0 Å². The van der Waals surface area contributed by atoms with E-state index in [4.69, 9.17) is 11.6 Å². The number of halogens is 1. The summed E-state index contributed by atoms with van der Waals surface area (Å²) < 4.78 is 0. The number of hydrogen-bond acceptors (Lipinski definition) is 1. The topological polar surface area (TPSA) is 17.1 Å². The number of rotatable bonds is 2. The second-order valence-electron chi connectivity index (χ2n) is 3.99. The molecule has 0 amide bonds. The van der Waals surface area contributed by atoms with Crippen molar-refractivity contribution in [3.8, 4) is 0 Å². The standard InChI is InChI=1S/C12H15BClO/c1-6-7(2)9(4)11(13-12(14)15)10(5)8(6)3/h1-5H3. The molecule has 0 spiro atoms. The first-order valence-electron chi connectivity index (χ1n) is 4.97. The van der Waals surface area contributed by atoms with Crippen molar-refractivity contribution in [2.45, 2.75) is 34.6 Å². The van der Waals surface area contributed by atoms with Crippen LogP contribution in [0.25, 0.3) is 0 Å². The van der Waals surface area contributed by atoms with E-state index in [2.05, 4.69) is 20.8 Å². The molecule has 1 aromatic carbocycles. The first-order valence-corrected chi connectivity index (χ1v) is 5.35. The zero-order valence-corrected chi connectivity index (χ0v) is 10.6. The van der Waals surface area contributed by atoms with E-state index in [-0.39, 0.29) is 0 Å². The summed E-state index contributed by atoms with van der Waals surface area (Å²) in [5.41, 5.74) is 7.03. The van der Waals surface area contributed by atoms with Gasteiger partial charge in [-0.05, 0) is 51.3 Å². The minimum Gasteiger partial charge on any atom is -0.294 e. The summed E-state index contributed by atoms with van der Waals surface area (Å²) in [4.78, 5) is 10.9. The van der Waals surface area contributed by atoms with Crippen molar-refractivity contribution in [1.82, 2.24) is 0 Å². The van der Waals surface area contributed by atoms with Gasteiger partial charge in [0.15, 0.2) is 5.14 Å². The largest absolute Gasteiger partial charge is 0.294 e. The molecule has 0 aromatic heterocycles. The highest BCUT2D eigenvalue weighted by molar-refractivity contribution is 7.04. The predicted molar refractivity (Wildman–Crippen MR) is 66.8 cm³/mol. The molecule has 0 atom stereocenters. The lowest BCUT2D eigenvalue weighted by Gasteiger charge is -2.17. The molecule has 0 aliphatic carbocycles. The molecule has 0 bridgehead atoms. The van der Waals surface area contributed by atoms with Gasteiger partial charge < -0.3 is 0 Å². The Bertz CT molecular complexity index is 395. The Kier molecular flexibility index (Phi) is 3.61. The van der Waals surface area contributed by atoms with Gasteiger partial charge in [-0.3, -0.25) is 4.79 Å². The van der Waals surface area contributed by atoms with Crippen LogP contribution in [0.2, 0.25) is 0 Å². The van der Waals surface area contributed by atoms with Gasteiger partial charge in [0, 0.05) is 0 Å². The molecule has 0 N–H and O–H groups in total. The Labute approximate surface area is 97.1 Å². The summed E-state index contributed by atoms with van der Waals surface area (Å²) in [6, 6.07) is 0. The minimum atomic E-state index is -0.413. The van der Waals surface area contributed by atoms with Crippen LogP contribution in [0, 0.1) is 34.6 Å². The first-order chi connectivity index (χ1) is 6.86. The van der Waals surface area contributed by atoms with Crippen LogP contribution in [-0.2, 0) is 0 Å². The highest BCUT2D eigenvalue weighted by atomic mass is 35.5. The Balaban J connectivity index is 3.45. The molecule has 0 fully saturated rings. The van der Waals surface area contributed by atoms with E-state index in [1.165, 1.54) is 24.0 Å². The zero-order valence-electron chi connectivity index (χ0n) is 9.86. The fourth-order valence-electron chi connectivity index (χ4n) is 1.86. The van der Waals surface area contributed by atoms with Crippen molar-refractivity contribution in [2.75, 3.05) is 0 Å². The molecular formula is C12H15BClO. The van der Waals surface area contributed by atoms with E-state index in [1.807, 2.05) is 13.8 Å². The molecule has 0 aliphatic rings. The molecule has 1 radical (unpaired) electrons. The van der Waals surface area contributed by atoms with E-state index in [9.17, 15) is 4.79 Å². The summed E-state index contributed by atoms with van der Waals surface area (Å²) in [6.45, 7) is 10.3. The van der Waals surface area contributed by atoms with Gasteiger partial charge >= 0.3 is 0 Å². The zero-order chi connectivity index (χ0) is 11.7. The molecule has 0 heterocycles. The normalized spacial score (nSPS) is 10.3. The fraction of sp³-hybridized carbons (Fsp3) is 0.417. The predicted octanol–water partition coefficient (Wildman–Crippen LogP) is 2.92. The molecule has 1 aromatic rings. The third-order valence-electron chi connectivity index (χ3n) is 3.32. The summed E-state index contributed by atoms with van der Waals surface area (Å²) in [5.74, 6) is 0. The van der Waals surface area contributed by atoms with Crippen molar-refractivity contribution in [3.63, 3.8) is 0 Å². The van der Waals surface area contributed by atoms with Crippen molar-refractivity contribution in [3.05, 3.63) is 27.8 Å². The van der Waals surface area contributed by atoms with Crippen LogP contribution >= 0.6 is 11.6 Å². The second-order valence-corrected chi connectivity index (χ2v) is 4.36. The monoisotopic (exact) mass is 221 g/mol. The average molecular weight is 222 g/mol. The summed E-state index contributed by atoms with van der Waals surface area (Å²) >= 11 is 5.41. The van der Waals surface area contributed by atoms with Gasteiger partial charge in [-0.15, -0.1) is 0 Å². The van der Waals surface area contributed by atoms with E-state index in [0.717, 1.165) is 16.6 Å². The van der Waals surface area contributed by atoms with Crippen molar-refractivity contribution in [2.24, 2.45) is 0 Å². The number of hydrogen-bond donors (Lipinski definition) is 0. The lowest BCUT2D eigenvalue weighted by molar-refractivity contribution is 0.274. The van der Waals surface area contributed by atoms with Gasteiger partial charge in [-0.25, -0.2) is 0 Å². The minimum absolute atomic E-state index is 0.413. The van der Waals surface area contributed by atoms with Crippen LogP contribution in [0.4, 0.5) is 4.79 Å². The molecule has 0 saturated heterocycles. The van der Waals surface area contributed by atoms with E-state index >= 15 is 0 Å². The maximum atomic E-state index is 10.9. The van der Waals surface area contributed by atoms with Crippen molar-refractivity contribution >= 4 is 29.5 Å². The Morgan fingerprint density at radius 1 is 0.867 bits per heavy atom. The summed E-state index contributed by atoms with van der Waals surface area (Å²) in [5, 5.41) is -0.413. The number of carbonyl (C=O) groups is 1. The lowest BCUT2D eigenvalue weighted by atomic mass is 9.65. The number of benzene rings is 1. The number of carbonyl (C=O) groups excluding carboxylic acids is 1. The SMILES string of the molecule is Cc1c(C)c(C)c([B]C(=O)Cl)c(C)c1C. The molecule has 0 saturated carbocycles. The van der Waals surface area contributed by atoms with E-state index in [0.29, 0.717) is 0 Å². The van der Waals surface area contributed by atoms with Gasteiger partial charge in [0.2, 0.25) is 0 Å². The van der Waals surface area contributed by atoms with Gasteiger partial charge in [0.05, 0.1) is 0 Å². The first kappa shape index (κ1) is 12.3. The molecule has 3 heteroatoms. The van der Waals surface area contributed by atoms with Crippen LogP contribution in [0.1, 0.15) is 27.8 Å². The maximum absolute atomic E-state index is 10.9. The fourth-order valence-corrected chi connectivity index (χ4v) is 1.97. The highest BCUT2D eigenvalue weighted by Crippen LogP contribution is 2.18. The van der Waals surface area contributed by atoms with Crippen molar-refractivity contribution in [1.29, 1.82) is 0 Å². The second kappa shape index (κ2) is 4.40. The lowest BCUT2D eigenvalue weighted by Crippen LogP contribution is -2.27. The molecule has 0 unspecified atom stereocenters. The van der Waals surface area contributed by atoms with Gasteiger partial charge in [0.25, 0.3) is 7.28 Å². The maximum Gasteiger partial charge on any atom is 0.264 e. The third kappa shape index (κ3) is 2.26. The molecule has 1 rings (SSSR count). The quantitative estimate of drug-likeness (QED) is 0.554. The van der Waals surface area contributed by atoms with Crippen molar-refractivity contribution < 1.29 is 4.79 Å². The third-order valence-corrected chi connectivity index (χ3v) is 3.42. The van der Waals surface area contributed by atoms with Crippen LogP contribution in [-0.4, -0.2) is 12.4 Å². The van der Waals surface area contributed by atoms with Gasteiger partial charge in [0.1, 0.15) is 0 Å².